The summed E-state index contributed by atoms with van der Waals surface area (Å²) >= 11 is 0. The molecule has 1 fully saturated rings. The summed E-state index contributed by atoms with van der Waals surface area (Å²) in [7, 11) is 3.73. The molecule has 18 heavy (non-hydrogen) atoms. The van der Waals surface area contributed by atoms with E-state index in [1.165, 1.54) is 12.8 Å². The summed E-state index contributed by atoms with van der Waals surface area (Å²) in [6.07, 6.45) is 7.32. The fourth-order valence-corrected chi connectivity index (χ4v) is 2.96. The molecule has 1 aliphatic rings. The Labute approximate surface area is 110 Å². The van der Waals surface area contributed by atoms with Crippen molar-refractivity contribution in [2.24, 2.45) is 18.7 Å². The van der Waals surface area contributed by atoms with Gasteiger partial charge in [0.15, 0.2) is 0 Å². The molecule has 1 aromatic heterocycles. The van der Waals surface area contributed by atoms with E-state index in [-0.39, 0.29) is 11.6 Å². The molecule has 1 heterocycles. The zero-order chi connectivity index (χ0) is 13.2. The molecule has 102 valence electrons. The number of rotatable bonds is 4. The summed E-state index contributed by atoms with van der Waals surface area (Å²) in [5.74, 6) is 0.801. The van der Waals surface area contributed by atoms with E-state index in [4.69, 9.17) is 10.5 Å². The highest BCUT2D eigenvalue weighted by molar-refractivity contribution is 5.06. The maximum atomic E-state index is 6.41. The van der Waals surface area contributed by atoms with Crippen molar-refractivity contribution >= 4 is 0 Å². The van der Waals surface area contributed by atoms with Crippen LogP contribution in [-0.4, -0.2) is 28.5 Å². The van der Waals surface area contributed by atoms with Gasteiger partial charge in [0, 0.05) is 32.8 Å². The first-order chi connectivity index (χ1) is 8.55. The van der Waals surface area contributed by atoms with Crippen molar-refractivity contribution in [1.82, 2.24) is 9.78 Å². The lowest BCUT2D eigenvalue weighted by molar-refractivity contribution is -0.0661. The summed E-state index contributed by atoms with van der Waals surface area (Å²) in [6.45, 7) is 2.31. The number of ether oxygens (including phenoxy) is 1. The molecule has 0 aromatic carbocycles. The molecule has 0 saturated heterocycles. The predicted octanol–water partition coefficient (Wildman–Crippen LogP) is 1.89. The zero-order valence-electron chi connectivity index (χ0n) is 11.7. The van der Waals surface area contributed by atoms with Crippen LogP contribution in [0.5, 0.6) is 0 Å². The highest BCUT2D eigenvalue weighted by Gasteiger charge is 2.39. The average Bonchev–Trinajstić information content (AvgIpc) is 2.76. The Morgan fingerprint density at radius 1 is 1.56 bits per heavy atom. The first-order valence-electron chi connectivity index (χ1n) is 6.85. The SMILES string of the molecule is COC1(C(N)Cc2ccn(C)n2)CCC(C)CC1. The number of nitrogens with zero attached hydrogens (tertiary/aromatic N) is 2. The maximum absolute atomic E-state index is 6.41. The van der Waals surface area contributed by atoms with E-state index < -0.39 is 0 Å². The molecule has 1 aromatic rings. The Morgan fingerprint density at radius 2 is 2.22 bits per heavy atom. The normalized spacial score (nSPS) is 30.3. The Hall–Kier alpha value is -0.870. The van der Waals surface area contributed by atoms with Crippen molar-refractivity contribution in [3.63, 3.8) is 0 Å². The molecule has 4 nitrogen and oxygen atoms in total. The molecule has 1 saturated carbocycles. The number of hydrogen-bond donors (Lipinski definition) is 1. The molecule has 0 radical (unpaired) electrons. The monoisotopic (exact) mass is 251 g/mol. The van der Waals surface area contributed by atoms with Gasteiger partial charge < -0.3 is 10.5 Å². The molecule has 4 heteroatoms. The fraction of sp³-hybridized carbons (Fsp3) is 0.786. The lowest BCUT2D eigenvalue weighted by Crippen LogP contribution is -2.52. The van der Waals surface area contributed by atoms with Gasteiger partial charge in [0.25, 0.3) is 0 Å². The lowest BCUT2D eigenvalue weighted by atomic mass is 9.74. The number of aromatic nitrogens is 2. The average molecular weight is 251 g/mol. The van der Waals surface area contributed by atoms with Gasteiger partial charge in [-0.05, 0) is 37.7 Å². The van der Waals surface area contributed by atoms with Crippen molar-refractivity contribution < 1.29 is 4.74 Å². The largest absolute Gasteiger partial charge is 0.377 e. The molecule has 2 N–H and O–H groups in total. The van der Waals surface area contributed by atoms with Gasteiger partial charge in [-0.1, -0.05) is 6.92 Å². The van der Waals surface area contributed by atoms with Crippen molar-refractivity contribution in [3.8, 4) is 0 Å². The summed E-state index contributed by atoms with van der Waals surface area (Å²) < 4.78 is 7.63. The van der Waals surface area contributed by atoms with Crippen LogP contribution in [-0.2, 0) is 18.2 Å². The van der Waals surface area contributed by atoms with Gasteiger partial charge in [0.05, 0.1) is 11.3 Å². The molecule has 0 bridgehead atoms. The Bertz CT molecular complexity index is 380. The van der Waals surface area contributed by atoms with Crippen molar-refractivity contribution in [3.05, 3.63) is 18.0 Å². The molecule has 0 amide bonds. The quantitative estimate of drug-likeness (QED) is 0.889. The highest BCUT2D eigenvalue weighted by Crippen LogP contribution is 2.36. The highest BCUT2D eigenvalue weighted by atomic mass is 16.5. The summed E-state index contributed by atoms with van der Waals surface area (Å²) in [6, 6.07) is 2.07. The van der Waals surface area contributed by atoms with E-state index in [2.05, 4.69) is 12.0 Å². The van der Waals surface area contributed by atoms with Crippen LogP contribution < -0.4 is 5.73 Å². The van der Waals surface area contributed by atoms with Gasteiger partial charge in [-0.25, -0.2) is 0 Å². The number of nitrogens with two attached hydrogens (primary N) is 1. The minimum atomic E-state index is -0.149. The molecule has 1 unspecified atom stereocenters. The standard InChI is InChI=1S/C14H25N3O/c1-11-4-7-14(18-3,8-5-11)13(15)10-12-6-9-17(2)16-12/h6,9,11,13H,4-5,7-8,10,15H2,1-3H3. The van der Waals surface area contributed by atoms with Gasteiger partial charge in [0.2, 0.25) is 0 Å². The number of hydrogen-bond acceptors (Lipinski definition) is 3. The van der Waals surface area contributed by atoms with Gasteiger partial charge in [-0.3, -0.25) is 4.68 Å². The third-order valence-corrected chi connectivity index (χ3v) is 4.40. The van der Waals surface area contributed by atoms with Gasteiger partial charge >= 0.3 is 0 Å². The maximum Gasteiger partial charge on any atom is 0.0832 e. The Morgan fingerprint density at radius 3 is 2.72 bits per heavy atom. The van der Waals surface area contributed by atoms with Crippen LogP contribution in [0.4, 0.5) is 0 Å². The van der Waals surface area contributed by atoms with Crippen molar-refractivity contribution in [1.29, 1.82) is 0 Å². The van der Waals surface area contributed by atoms with Crippen LogP contribution in [0.2, 0.25) is 0 Å². The molecule has 2 rings (SSSR count). The van der Waals surface area contributed by atoms with Crippen molar-refractivity contribution in [2.45, 2.75) is 50.7 Å². The van der Waals surface area contributed by atoms with E-state index >= 15 is 0 Å². The number of aryl methyl sites for hydroxylation is 1. The summed E-state index contributed by atoms with van der Waals surface area (Å²) in [5.41, 5.74) is 7.31. The van der Waals surface area contributed by atoms with Gasteiger partial charge in [-0.15, -0.1) is 0 Å². The first kappa shape index (κ1) is 13.6. The molecule has 1 atom stereocenters. The second-order valence-corrected chi connectivity index (χ2v) is 5.74. The summed E-state index contributed by atoms with van der Waals surface area (Å²) in [5, 5.41) is 4.41. The lowest BCUT2D eigenvalue weighted by Gasteiger charge is -2.42. The molecular weight excluding hydrogens is 226 g/mol. The van der Waals surface area contributed by atoms with E-state index in [1.54, 1.807) is 7.11 Å². The second-order valence-electron chi connectivity index (χ2n) is 5.74. The van der Waals surface area contributed by atoms with Crippen LogP contribution in [0.25, 0.3) is 0 Å². The van der Waals surface area contributed by atoms with E-state index in [0.29, 0.717) is 0 Å². The van der Waals surface area contributed by atoms with Crippen LogP contribution in [0.3, 0.4) is 0 Å². The second kappa shape index (κ2) is 5.41. The van der Waals surface area contributed by atoms with Crippen LogP contribution in [0, 0.1) is 5.92 Å². The fourth-order valence-electron chi connectivity index (χ4n) is 2.96. The minimum absolute atomic E-state index is 0.0323. The van der Waals surface area contributed by atoms with Crippen molar-refractivity contribution in [2.75, 3.05) is 7.11 Å². The van der Waals surface area contributed by atoms with E-state index in [0.717, 1.165) is 30.9 Å². The molecular formula is C14H25N3O. The van der Waals surface area contributed by atoms with Crippen LogP contribution in [0.15, 0.2) is 12.3 Å². The third-order valence-electron chi connectivity index (χ3n) is 4.40. The topological polar surface area (TPSA) is 53.1 Å². The molecule has 0 aliphatic heterocycles. The minimum Gasteiger partial charge on any atom is -0.377 e. The van der Waals surface area contributed by atoms with Crippen LogP contribution in [0.1, 0.15) is 38.3 Å². The smallest absolute Gasteiger partial charge is 0.0832 e. The van der Waals surface area contributed by atoms with Crippen LogP contribution >= 0.6 is 0 Å². The van der Waals surface area contributed by atoms with E-state index in [9.17, 15) is 0 Å². The first-order valence-corrected chi connectivity index (χ1v) is 6.85. The molecule has 1 aliphatic carbocycles. The summed E-state index contributed by atoms with van der Waals surface area (Å²) in [4.78, 5) is 0. The zero-order valence-corrected chi connectivity index (χ0v) is 11.7. The van der Waals surface area contributed by atoms with Gasteiger partial charge in [0.1, 0.15) is 0 Å². The number of methoxy groups -OCH3 is 1. The molecule has 0 spiro atoms. The predicted molar refractivity (Wildman–Crippen MR) is 72.3 cm³/mol. The van der Waals surface area contributed by atoms with Gasteiger partial charge in [-0.2, -0.15) is 5.10 Å². The Kier molecular flexibility index (Phi) is 4.07. The Balaban J connectivity index is 2.03. The van der Waals surface area contributed by atoms with E-state index in [1.807, 2.05) is 24.0 Å². The third kappa shape index (κ3) is 2.75.